The molecule has 0 aliphatic carbocycles. The molecule has 1 nitrogen and oxygen atoms in total. The van der Waals surface area contributed by atoms with Gasteiger partial charge in [-0.3, -0.25) is 4.99 Å². The van der Waals surface area contributed by atoms with Crippen molar-refractivity contribution in [2.75, 3.05) is 6.54 Å². The van der Waals surface area contributed by atoms with Crippen molar-refractivity contribution in [2.45, 2.75) is 0 Å². The number of hydrogen-bond donors (Lipinski definition) is 0. The van der Waals surface area contributed by atoms with Gasteiger partial charge in [0, 0.05) is 10.7 Å². The van der Waals surface area contributed by atoms with Crippen molar-refractivity contribution in [1.82, 2.24) is 0 Å². The van der Waals surface area contributed by atoms with E-state index < -0.39 is 0 Å². The van der Waals surface area contributed by atoms with E-state index in [1.165, 1.54) is 0 Å². The van der Waals surface area contributed by atoms with Crippen LogP contribution in [0.15, 0.2) is 46.4 Å². The molecular formula is C10H10BrN. The molecule has 0 bridgehead atoms. The fourth-order valence-electron chi connectivity index (χ4n) is 0.781. The van der Waals surface area contributed by atoms with Crippen molar-refractivity contribution in [3.63, 3.8) is 0 Å². The van der Waals surface area contributed by atoms with E-state index in [4.69, 9.17) is 0 Å². The predicted octanol–water partition coefficient (Wildman–Crippen LogP) is 3.05. The molecule has 12 heavy (non-hydrogen) atoms. The number of aliphatic imine (C=N–C) groups is 1. The van der Waals surface area contributed by atoms with Crippen LogP contribution in [0.1, 0.15) is 5.56 Å². The van der Waals surface area contributed by atoms with Gasteiger partial charge in [-0.1, -0.05) is 34.1 Å². The number of nitrogens with zero attached hydrogens (tertiary/aromatic N) is 1. The third-order valence-electron chi connectivity index (χ3n) is 1.34. The van der Waals surface area contributed by atoms with Crippen LogP contribution < -0.4 is 0 Å². The maximum Gasteiger partial charge on any atom is 0.0567 e. The van der Waals surface area contributed by atoms with E-state index in [0.717, 1.165) is 10.0 Å². The second-order valence-corrected chi connectivity index (χ2v) is 3.25. The van der Waals surface area contributed by atoms with E-state index in [2.05, 4.69) is 27.5 Å². The first-order valence-electron chi connectivity index (χ1n) is 3.69. The minimum absolute atomic E-state index is 0.677. The average molecular weight is 224 g/mol. The molecular weight excluding hydrogens is 214 g/mol. The van der Waals surface area contributed by atoms with Crippen molar-refractivity contribution in [1.29, 1.82) is 0 Å². The second kappa shape index (κ2) is 4.88. The molecule has 62 valence electrons. The maximum atomic E-state index is 4.13. The Morgan fingerprint density at radius 1 is 1.33 bits per heavy atom. The normalized spacial score (nSPS) is 10.4. The van der Waals surface area contributed by atoms with Gasteiger partial charge < -0.3 is 0 Å². The largest absolute Gasteiger partial charge is 0.288 e. The zero-order valence-corrected chi connectivity index (χ0v) is 8.29. The summed E-state index contributed by atoms with van der Waals surface area (Å²) in [6, 6.07) is 8.01. The number of benzene rings is 1. The Labute approximate surface area is 81.0 Å². The van der Waals surface area contributed by atoms with E-state index in [-0.39, 0.29) is 0 Å². The summed E-state index contributed by atoms with van der Waals surface area (Å²) in [6.45, 7) is 4.26. The van der Waals surface area contributed by atoms with Crippen molar-refractivity contribution in [2.24, 2.45) is 4.99 Å². The first kappa shape index (κ1) is 9.20. The highest BCUT2D eigenvalue weighted by molar-refractivity contribution is 9.10. The van der Waals surface area contributed by atoms with Crippen molar-refractivity contribution < 1.29 is 0 Å². The van der Waals surface area contributed by atoms with Gasteiger partial charge in [-0.15, -0.1) is 6.58 Å². The molecule has 1 rings (SSSR count). The molecule has 0 N–H and O–H groups in total. The van der Waals surface area contributed by atoms with Gasteiger partial charge >= 0.3 is 0 Å². The van der Waals surface area contributed by atoms with Gasteiger partial charge in [0.05, 0.1) is 6.54 Å². The summed E-state index contributed by atoms with van der Waals surface area (Å²) in [4.78, 5) is 4.13. The smallest absolute Gasteiger partial charge is 0.0567 e. The zero-order chi connectivity index (χ0) is 8.81. The molecule has 0 unspecified atom stereocenters. The number of hydrogen-bond acceptors (Lipinski definition) is 1. The summed E-state index contributed by atoms with van der Waals surface area (Å²) < 4.78 is 1.09. The summed E-state index contributed by atoms with van der Waals surface area (Å²) in [6.07, 6.45) is 3.61. The minimum atomic E-state index is 0.677. The summed E-state index contributed by atoms with van der Waals surface area (Å²) in [5.41, 5.74) is 1.11. The average Bonchev–Trinajstić information content (AvgIpc) is 2.09. The molecule has 0 amide bonds. The van der Waals surface area contributed by atoms with E-state index in [1.54, 1.807) is 6.08 Å². The van der Waals surface area contributed by atoms with Crippen LogP contribution in [0.2, 0.25) is 0 Å². The lowest BCUT2D eigenvalue weighted by Crippen LogP contribution is -1.80. The molecule has 0 aliphatic rings. The Morgan fingerprint density at radius 2 is 2.00 bits per heavy atom. The van der Waals surface area contributed by atoms with Gasteiger partial charge in [-0.25, -0.2) is 0 Å². The van der Waals surface area contributed by atoms with Crippen LogP contribution in [0.5, 0.6) is 0 Å². The Morgan fingerprint density at radius 3 is 2.58 bits per heavy atom. The zero-order valence-electron chi connectivity index (χ0n) is 6.70. The highest BCUT2D eigenvalue weighted by atomic mass is 79.9. The first-order valence-corrected chi connectivity index (χ1v) is 4.48. The monoisotopic (exact) mass is 223 g/mol. The molecule has 0 atom stereocenters. The molecule has 2 heteroatoms. The molecule has 0 saturated heterocycles. The Bertz CT molecular complexity index is 274. The first-order chi connectivity index (χ1) is 5.83. The van der Waals surface area contributed by atoms with Gasteiger partial charge in [-0.05, 0) is 17.7 Å². The molecule has 0 saturated carbocycles. The molecule has 0 aliphatic heterocycles. The van der Waals surface area contributed by atoms with E-state index in [0.29, 0.717) is 6.54 Å². The van der Waals surface area contributed by atoms with Gasteiger partial charge in [-0.2, -0.15) is 0 Å². The van der Waals surface area contributed by atoms with Crippen molar-refractivity contribution >= 4 is 22.1 Å². The van der Waals surface area contributed by atoms with Crippen LogP contribution in [0.4, 0.5) is 0 Å². The van der Waals surface area contributed by atoms with Crippen molar-refractivity contribution in [3.8, 4) is 0 Å². The molecule has 1 aromatic rings. The van der Waals surface area contributed by atoms with Crippen LogP contribution in [-0.2, 0) is 0 Å². The van der Waals surface area contributed by atoms with Crippen LogP contribution in [0.3, 0.4) is 0 Å². The van der Waals surface area contributed by atoms with Crippen LogP contribution in [0, 0.1) is 0 Å². The quantitative estimate of drug-likeness (QED) is 0.552. The minimum Gasteiger partial charge on any atom is -0.288 e. The summed E-state index contributed by atoms with van der Waals surface area (Å²) >= 11 is 3.37. The van der Waals surface area contributed by atoms with E-state index in [9.17, 15) is 0 Å². The lowest BCUT2D eigenvalue weighted by atomic mass is 10.2. The molecule has 1 aromatic carbocycles. The topological polar surface area (TPSA) is 12.4 Å². The summed E-state index contributed by atoms with van der Waals surface area (Å²) in [5.74, 6) is 0. The number of rotatable bonds is 3. The molecule has 0 heterocycles. The SMILES string of the molecule is C=CC/N=C/c1ccc(Br)cc1. The molecule has 0 fully saturated rings. The summed E-state index contributed by atoms with van der Waals surface area (Å²) in [5, 5.41) is 0. The Kier molecular flexibility index (Phi) is 3.74. The highest BCUT2D eigenvalue weighted by Crippen LogP contribution is 2.08. The van der Waals surface area contributed by atoms with Gasteiger partial charge in [0.25, 0.3) is 0 Å². The van der Waals surface area contributed by atoms with Gasteiger partial charge in [0.2, 0.25) is 0 Å². The third-order valence-corrected chi connectivity index (χ3v) is 1.87. The molecule has 0 aromatic heterocycles. The number of halogens is 1. The Balaban J connectivity index is 2.64. The van der Waals surface area contributed by atoms with E-state index in [1.807, 2.05) is 30.5 Å². The summed E-state index contributed by atoms with van der Waals surface area (Å²) in [7, 11) is 0. The maximum absolute atomic E-state index is 4.13. The Hall–Kier alpha value is -0.890. The second-order valence-electron chi connectivity index (χ2n) is 2.33. The fourth-order valence-corrected chi connectivity index (χ4v) is 1.05. The highest BCUT2D eigenvalue weighted by Gasteiger charge is 1.86. The van der Waals surface area contributed by atoms with Gasteiger partial charge in [0.1, 0.15) is 0 Å². The molecule has 0 spiro atoms. The lowest BCUT2D eigenvalue weighted by molar-refractivity contribution is 1.26. The predicted molar refractivity (Wildman–Crippen MR) is 56.8 cm³/mol. The standard InChI is InChI=1S/C10H10BrN/c1-2-7-12-8-9-3-5-10(11)6-4-9/h2-6,8H,1,7H2/b12-8+. The van der Waals surface area contributed by atoms with Gasteiger partial charge in [0.15, 0.2) is 0 Å². The lowest BCUT2D eigenvalue weighted by Gasteiger charge is -1.91. The molecule has 0 radical (unpaired) electrons. The van der Waals surface area contributed by atoms with Crippen LogP contribution >= 0.6 is 15.9 Å². The van der Waals surface area contributed by atoms with Crippen LogP contribution in [-0.4, -0.2) is 12.8 Å². The van der Waals surface area contributed by atoms with Crippen LogP contribution in [0.25, 0.3) is 0 Å². The fraction of sp³-hybridized carbons (Fsp3) is 0.100. The third kappa shape index (κ3) is 3.01. The van der Waals surface area contributed by atoms with Crippen molar-refractivity contribution in [3.05, 3.63) is 47.0 Å². The van der Waals surface area contributed by atoms with E-state index >= 15 is 0 Å².